The third-order valence-electron chi connectivity index (χ3n) is 3.16. The van der Waals surface area contributed by atoms with Gasteiger partial charge >= 0.3 is 0 Å². The van der Waals surface area contributed by atoms with Crippen molar-refractivity contribution in [2.24, 2.45) is 13.0 Å². The van der Waals surface area contributed by atoms with E-state index in [0.29, 0.717) is 5.92 Å². The Morgan fingerprint density at radius 3 is 2.80 bits per heavy atom. The van der Waals surface area contributed by atoms with Gasteiger partial charge in [-0.15, -0.1) is 10.2 Å². The minimum absolute atomic E-state index is 0.184. The van der Waals surface area contributed by atoms with E-state index in [1.54, 1.807) is 7.05 Å². The molecule has 1 unspecified atom stereocenters. The van der Waals surface area contributed by atoms with Gasteiger partial charge in [0.1, 0.15) is 0 Å². The van der Waals surface area contributed by atoms with E-state index in [9.17, 15) is 5.11 Å². The van der Waals surface area contributed by atoms with Crippen molar-refractivity contribution < 1.29 is 5.11 Å². The first-order chi connectivity index (χ1) is 7.25. The second kappa shape index (κ2) is 4.70. The highest BCUT2D eigenvalue weighted by Crippen LogP contribution is 2.29. The van der Waals surface area contributed by atoms with Crippen molar-refractivity contribution in [1.29, 1.82) is 0 Å². The van der Waals surface area contributed by atoms with Gasteiger partial charge in [-0.3, -0.25) is 0 Å². The highest BCUT2D eigenvalue weighted by Gasteiger charge is 2.23. The second-order valence-corrected chi connectivity index (χ2v) is 4.35. The molecule has 1 aliphatic carbocycles. The van der Waals surface area contributed by atoms with Gasteiger partial charge in [-0.2, -0.15) is 4.80 Å². The van der Waals surface area contributed by atoms with Gasteiger partial charge in [-0.25, -0.2) is 0 Å². The summed E-state index contributed by atoms with van der Waals surface area (Å²) in [5, 5.41) is 21.7. The Morgan fingerprint density at radius 1 is 1.47 bits per heavy atom. The molecule has 1 aromatic heterocycles. The quantitative estimate of drug-likeness (QED) is 0.794. The van der Waals surface area contributed by atoms with Gasteiger partial charge in [0, 0.05) is 6.42 Å². The molecule has 5 heteroatoms. The Morgan fingerprint density at radius 2 is 2.20 bits per heavy atom. The Labute approximate surface area is 89.5 Å². The third-order valence-corrected chi connectivity index (χ3v) is 3.16. The summed E-state index contributed by atoms with van der Waals surface area (Å²) >= 11 is 0. The largest absolute Gasteiger partial charge is 0.393 e. The maximum absolute atomic E-state index is 9.93. The predicted octanol–water partition coefficient (Wildman–Crippen LogP) is 0.694. The summed E-state index contributed by atoms with van der Waals surface area (Å²) in [6.07, 6.45) is 6.19. The average Bonchev–Trinajstić information content (AvgIpc) is 2.84. The van der Waals surface area contributed by atoms with E-state index in [1.807, 2.05) is 0 Å². The summed E-state index contributed by atoms with van der Waals surface area (Å²) in [5.74, 6) is 1.23. The molecule has 1 saturated carbocycles. The van der Waals surface area contributed by atoms with Crippen LogP contribution in [0.15, 0.2) is 0 Å². The number of aryl methyl sites for hydroxylation is 2. The molecule has 84 valence electrons. The Hall–Kier alpha value is -0.970. The van der Waals surface area contributed by atoms with E-state index in [2.05, 4.69) is 15.4 Å². The normalized spacial score (nSPS) is 19.6. The molecule has 15 heavy (non-hydrogen) atoms. The zero-order valence-corrected chi connectivity index (χ0v) is 9.13. The zero-order valence-electron chi connectivity index (χ0n) is 9.13. The van der Waals surface area contributed by atoms with Crippen molar-refractivity contribution in [2.75, 3.05) is 0 Å². The molecule has 1 heterocycles. The molecule has 1 aromatic rings. The lowest BCUT2D eigenvalue weighted by molar-refractivity contribution is 0.102. The van der Waals surface area contributed by atoms with E-state index in [4.69, 9.17) is 0 Å². The van der Waals surface area contributed by atoms with Gasteiger partial charge in [0.15, 0.2) is 5.82 Å². The molecule has 0 aliphatic heterocycles. The highest BCUT2D eigenvalue weighted by molar-refractivity contribution is 4.81. The summed E-state index contributed by atoms with van der Waals surface area (Å²) in [4.78, 5) is 1.46. The van der Waals surface area contributed by atoms with Gasteiger partial charge in [-0.1, -0.05) is 12.8 Å². The number of hydrogen-bond donors (Lipinski definition) is 1. The monoisotopic (exact) mass is 210 g/mol. The molecule has 5 nitrogen and oxygen atoms in total. The van der Waals surface area contributed by atoms with Crippen molar-refractivity contribution in [3.8, 4) is 0 Å². The first-order valence-electron chi connectivity index (χ1n) is 5.66. The first kappa shape index (κ1) is 10.5. The molecule has 2 rings (SSSR count). The molecule has 1 fully saturated rings. The first-order valence-corrected chi connectivity index (χ1v) is 5.66. The summed E-state index contributed by atoms with van der Waals surface area (Å²) < 4.78 is 0. The summed E-state index contributed by atoms with van der Waals surface area (Å²) in [5.41, 5.74) is 0. The molecule has 0 spiro atoms. The average molecular weight is 210 g/mol. The Kier molecular flexibility index (Phi) is 3.30. The lowest BCUT2D eigenvalue weighted by Crippen LogP contribution is -2.18. The second-order valence-electron chi connectivity index (χ2n) is 4.35. The lowest BCUT2D eigenvalue weighted by atomic mass is 9.97. The van der Waals surface area contributed by atoms with Crippen LogP contribution < -0.4 is 0 Å². The molecule has 1 N–H and O–H groups in total. The minimum atomic E-state index is -0.184. The minimum Gasteiger partial charge on any atom is -0.393 e. The smallest absolute Gasteiger partial charge is 0.174 e. The van der Waals surface area contributed by atoms with E-state index in [1.165, 1.54) is 30.5 Å². The fourth-order valence-electron chi connectivity index (χ4n) is 2.28. The van der Waals surface area contributed by atoms with Crippen molar-refractivity contribution in [3.63, 3.8) is 0 Å². The topological polar surface area (TPSA) is 63.8 Å². The molecule has 0 saturated heterocycles. The fourth-order valence-corrected chi connectivity index (χ4v) is 2.28. The van der Waals surface area contributed by atoms with Crippen molar-refractivity contribution >= 4 is 0 Å². The van der Waals surface area contributed by atoms with Gasteiger partial charge in [-0.05, 0) is 30.4 Å². The van der Waals surface area contributed by atoms with Crippen molar-refractivity contribution in [2.45, 2.75) is 44.6 Å². The molecule has 1 atom stereocenters. The molecule has 0 radical (unpaired) electrons. The van der Waals surface area contributed by atoms with Crippen molar-refractivity contribution in [1.82, 2.24) is 20.2 Å². The fraction of sp³-hybridized carbons (Fsp3) is 0.900. The molecule has 0 aromatic carbocycles. The van der Waals surface area contributed by atoms with Crippen LogP contribution in [0.4, 0.5) is 0 Å². The number of tetrazole rings is 1. The molecule has 0 amide bonds. The van der Waals surface area contributed by atoms with Gasteiger partial charge in [0.05, 0.1) is 13.2 Å². The summed E-state index contributed by atoms with van der Waals surface area (Å²) in [6.45, 7) is 0. The number of aliphatic hydroxyl groups is 1. The summed E-state index contributed by atoms with van der Waals surface area (Å²) in [7, 11) is 1.75. The van der Waals surface area contributed by atoms with Crippen LogP contribution in [-0.2, 0) is 13.5 Å². The number of hydrogen-bond acceptors (Lipinski definition) is 4. The molecule has 1 aliphatic rings. The van der Waals surface area contributed by atoms with Crippen LogP contribution in [0.1, 0.15) is 37.9 Å². The van der Waals surface area contributed by atoms with E-state index in [0.717, 1.165) is 18.7 Å². The molecule has 0 bridgehead atoms. The predicted molar refractivity (Wildman–Crippen MR) is 55.1 cm³/mol. The van der Waals surface area contributed by atoms with Crippen LogP contribution in [0, 0.1) is 5.92 Å². The third kappa shape index (κ3) is 2.75. The van der Waals surface area contributed by atoms with E-state index >= 15 is 0 Å². The Bertz CT molecular complexity index is 306. The van der Waals surface area contributed by atoms with Gasteiger partial charge in [0.2, 0.25) is 0 Å². The lowest BCUT2D eigenvalue weighted by Gasteiger charge is -2.16. The maximum Gasteiger partial charge on any atom is 0.174 e. The number of rotatable bonds is 4. The van der Waals surface area contributed by atoms with Crippen LogP contribution in [0.2, 0.25) is 0 Å². The summed E-state index contributed by atoms with van der Waals surface area (Å²) in [6, 6.07) is 0. The van der Waals surface area contributed by atoms with Crippen LogP contribution >= 0.6 is 0 Å². The van der Waals surface area contributed by atoms with E-state index in [-0.39, 0.29) is 6.10 Å². The Balaban J connectivity index is 1.77. The highest BCUT2D eigenvalue weighted by atomic mass is 16.3. The molecular formula is C10H18N4O. The molecular weight excluding hydrogens is 192 g/mol. The number of aromatic nitrogens is 4. The van der Waals surface area contributed by atoms with Crippen LogP contribution in [0.25, 0.3) is 0 Å². The van der Waals surface area contributed by atoms with Crippen LogP contribution in [0.5, 0.6) is 0 Å². The van der Waals surface area contributed by atoms with E-state index < -0.39 is 0 Å². The standard InChI is InChI=1S/C10H18N4O/c1-14-12-10(11-13-14)7-6-9(15)8-4-2-3-5-8/h8-9,15H,2-7H2,1H3. The maximum atomic E-state index is 9.93. The van der Waals surface area contributed by atoms with Crippen LogP contribution in [0.3, 0.4) is 0 Å². The number of aliphatic hydroxyl groups excluding tert-OH is 1. The van der Waals surface area contributed by atoms with Crippen LogP contribution in [-0.4, -0.2) is 31.4 Å². The number of nitrogens with zero attached hydrogens (tertiary/aromatic N) is 4. The van der Waals surface area contributed by atoms with Crippen molar-refractivity contribution in [3.05, 3.63) is 5.82 Å². The SMILES string of the molecule is Cn1nnc(CCC(O)C2CCCC2)n1. The van der Waals surface area contributed by atoms with Gasteiger partial charge < -0.3 is 5.11 Å². The van der Waals surface area contributed by atoms with Gasteiger partial charge in [0.25, 0.3) is 0 Å². The zero-order chi connectivity index (χ0) is 10.7.